The van der Waals surface area contributed by atoms with Gasteiger partial charge in [0.1, 0.15) is 5.56 Å². The van der Waals surface area contributed by atoms with E-state index >= 15 is 0 Å². The Morgan fingerprint density at radius 2 is 2.35 bits per heavy atom. The van der Waals surface area contributed by atoms with Crippen molar-refractivity contribution in [1.29, 1.82) is 0 Å². The Kier molecular flexibility index (Phi) is 4.82. The van der Waals surface area contributed by atoms with Crippen molar-refractivity contribution in [3.05, 3.63) is 49.3 Å². The molecule has 0 saturated carbocycles. The van der Waals surface area contributed by atoms with Crippen molar-refractivity contribution in [2.75, 3.05) is 6.54 Å². The molecule has 1 rings (SSSR count). The van der Waals surface area contributed by atoms with E-state index in [4.69, 9.17) is 17.1 Å². The summed E-state index contributed by atoms with van der Waals surface area (Å²) < 4.78 is 0. The standard InChI is InChI=1S/C10H7ClN4O2/c11-9-5-4-8(10(7-9)15(16)17)3-1-2-6-13-14-12/h4-5,7H,2,6H2. The van der Waals surface area contributed by atoms with Crippen LogP contribution >= 0.6 is 11.6 Å². The zero-order valence-corrected chi connectivity index (χ0v) is 9.39. The van der Waals surface area contributed by atoms with Crippen molar-refractivity contribution in [3.8, 4) is 11.8 Å². The summed E-state index contributed by atoms with van der Waals surface area (Å²) in [5.74, 6) is 5.34. The van der Waals surface area contributed by atoms with Gasteiger partial charge < -0.3 is 0 Å². The Hall–Kier alpha value is -2.22. The van der Waals surface area contributed by atoms with Crippen LogP contribution in [0.3, 0.4) is 0 Å². The van der Waals surface area contributed by atoms with Gasteiger partial charge in [-0.1, -0.05) is 28.6 Å². The van der Waals surface area contributed by atoms with E-state index in [2.05, 4.69) is 21.9 Å². The molecule has 86 valence electrons. The van der Waals surface area contributed by atoms with Crippen LogP contribution in [0.25, 0.3) is 10.4 Å². The predicted octanol–water partition coefficient (Wildman–Crippen LogP) is 3.30. The van der Waals surface area contributed by atoms with Crippen molar-refractivity contribution in [2.24, 2.45) is 5.11 Å². The summed E-state index contributed by atoms with van der Waals surface area (Å²) in [6.07, 6.45) is 0.351. The van der Waals surface area contributed by atoms with E-state index in [1.807, 2.05) is 0 Å². The quantitative estimate of drug-likeness (QED) is 0.157. The molecule has 0 aliphatic carbocycles. The second-order valence-electron chi connectivity index (χ2n) is 2.92. The number of hydrogen-bond acceptors (Lipinski definition) is 3. The fourth-order valence-electron chi connectivity index (χ4n) is 1.07. The van der Waals surface area contributed by atoms with Crippen molar-refractivity contribution in [1.82, 2.24) is 0 Å². The van der Waals surface area contributed by atoms with Gasteiger partial charge in [0.05, 0.1) is 4.92 Å². The summed E-state index contributed by atoms with van der Waals surface area (Å²) in [7, 11) is 0. The second kappa shape index (κ2) is 6.38. The number of benzene rings is 1. The second-order valence-corrected chi connectivity index (χ2v) is 3.36. The van der Waals surface area contributed by atoms with Gasteiger partial charge >= 0.3 is 0 Å². The van der Waals surface area contributed by atoms with Gasteiger partial charge in [0.25, 0.3) is 5.69 Å². The first kappa shape index (κ1) is 12.8. The summed E-state index contributed by atoms with van der Waals surface area (Å²) in [4.78, 5) is 12.8. The first-order valence-corrected chi connectivity index (χ1v) is 4.96. The van der Waals surface area contributed by atoms with Crippen LogP contribution in [0, 0.1) is 22.0 Å². The maximum absolute atomic E-state index is 10.7. The van der Waals surface area contributed by atoms with Crippen LogP contribution in [0.2, 0.25) is 5.02 Å². The predicted molar refractivity (Wildman–Crippen MR) is 63.6 cm³/mol. The lowest BCUT2D eigenvalue weighted by Gasteiger charge is -1.95. The lowest BCUT2D eigenvalue weighted by atomic mass is 10.2. The molecule has 0 fully saturated rings. The molecule has 0 heterocycles. The largest absolute Gasteiger partial charge is 0.286 e. The molecule has 0 N–H and O–H groups in total. The van der Waals surface area contributed by atoms with Crippen LogP contribution in [-0.2, 0) is 0 Å². The Balaban J connectivity index is 2.90. The van der Waals surface area contributed by atoms with Crippen LogP contribution < -0.4 is 0 Å². The molecule has 0 atom stereocenters. The fourth-order valence-corrected chi connectivity index (χ4v) is 1.24. The van der Waals surface area contributed by atoms with Crippen LogP contribution in [0.15, 0.2) is 23.3 Å². The van der Waals surface area contributed by atoms with Gasteiger partial charge in [-0.05, 0) is 17.7 Å². The zero-order chi connectivity index (χ0) is 12.7. The van der Waals surface area contributed by atoms with Gasteiger partial charge in [-0.2, -0.15) is 0 Å². The minimum Gasteiger partial charge on any atom is -0.258 e. The van der Waals surface area contributed by atoms with Gasteiger partial charge in [0.2, 0.25) is 0 Å². The molecule has 0 saturated heterocycles. The molecule has 0 aliphatic heterocycles. The summed E-state index contributed by atoms with van der Waals surface area (Å²) >= 11 is 5.66. The number of rotatable bonds is 3. The molecule has 17 heavy (non-hydrogen) atoms. The molecule has 0 unspecified atom stereocenters. The SMILES string of the molecule is [N-]=[N+]=NCCC#Cc1ccc(Cl)cc1[N+](=O)[O-]. The van der Waals surface area contributed by atoms with Crippen LogP contribution in [0.1, 0.15) is 12.0 Å². The Morgan fingerprint density at radius 1 is 1.59 bits per heavy atom. The number of nitro groups is 1. The first-order valence-electron chi connectivity index (χ1n) is 4.59. The molecule has 1 aromatic carbocycles. The minimum absolute atomic E-state index is 0.131. The smallest absolute Gasteiger partial charge is 0.258 e. The van der Waals surface area contributed by atoms with Crippen LogP contribution in [-0.4, -0.2) is 11.5 Å². The van der Waals surface area contributed by atoms with E-state index in [0.717, 1.165) is 0 Å². The number of nitro benzene ring substituents is 1. The van der Waals surface area contributed by atoms with Gasteiger partial charge in [-0.25, -0.2) is 0 Å². The maximum Gasteiger partial charge on any atom is 0.286 e. The molecule has 0 spiro atoms. The van der Waals surface area contributed by atoms with Crippen LogP contribution in [0.5, 0.6) is 0 Å². The number of azide groups is 1. The molecule has 1 aromatic rings. The molecule has 0 bridgehead atoms. The number of hydrogen-bond donors (Lipinski definition) is 0. The maximum atomic E-state index is 10.7. The molecule has 0 aromatic heterocycles. The lowest BCUT2D eigenvalue weighted by molar-refractivity contribution is -0.385. The molecule has 0 aliphatic rings. The first-order chi connectivity index (χ1) is 8.15. The van der Waals surface area contributed by atoms with Gasteiger partial charge in [-0.15, -0.1) is 0 Å². The third-order valence-electron chi connectivity index (χ3n) is 1.78. The van der Waals surface area contributed by atoms with Crippen molar-refractivity contribution in [3.63, 3.8) is 0 Å². The minimum atomic E-state index is -0.538. The van der Waals surface area contributed by atoms with Crippen molar-refractivity contribution in [2.45, 2.75) is 6.42 Å². The van der Waals surface area contributed by atoms with E-state index in [-0.39, 0.29) is 17.3 Å². The monoisotopic (exact) mass is 250 g/mol. The number of nitrogens with zero attached hydrogens (tertiary/aromatic N) is 4. The van der Waals surface area contributed by atoms with Crippen molar-refractivity contribution >= 4 is 17.3 Å². The average Bonchev–Trinajstić information content (AvgIpc) is 2.30. The highest BCUT2D eigenvalue weighted by Gasteiger charge is 2.11. The summed E-state index contributed by atoms with van der Waals surface area (Å²) in [5.41, 5.74) is 8.20. The van der Waals surface area contributed by atoms with E-state index in [1.165, 1.54) is 18.2 Å². The Bertz CT molecular complexity index is 541. The summed E-state index contributed by atoms with van der Waals surface area (Å²) in [6, 6.07) is 4.27. The number of halogens is 1. The van der Waals surface area contributed by atoms with Crippen molar-refractivity contribution < 1.29 is 4.92 Å². The van der Waals surface area contributed by atoms with E-state index in [0.29, 0.717) is 12.0 Å². The van der Waals surface area contributed by atoms with Crippen LogP contribution in [0.4, 0.5) is 5.69 Å². The highest BCUT2D eigenvalue weighted by molar-refractivity contribution is 6.30. The lowest BCUT2D eigenvalue weighted by Crippen LogP contribution is -1.91. The fraction of sp³-hybridized carbons (Fsp3) is 0.200. The molecular formula is C10H7ClN4O2. The van der Waals surface area contributed by atoms with Gasteiger partial charge in [-0.3, -0.25) is 10.1 Å². The zero-order valence-electron chi connectivity index (χ0n) is 8.63. The summed E-state index contributed by atoms with van der Waals surface area (Å²) in [6.45, 7) is 0.241. The normalized spacial score (nSPS) is 8.76. The van der Waals surface area contributed by atoms with Gasteiger partial charge in [0, 0.05) is 29.0 Å². The topological polar surface area (TPSA) is 91.9 Å². The molecule has 7 heteroatoms. The van der Waals surface area contributed by atoms with Gasteiger partial charge in [0.15, 0.2) is 0 Å². The molecule has 0 amide bonds. The summed E-state index contributed by atoms with van der Waals surface area (Å²) in [5, 5.41) is 14.3. The molecule has 6 nitrogen and oxygen atoms in total. The highest BCUT2D eigenvalue weighted by atomic mass is 35.5. The molecule has 0 radical (unpaired) electrons. The Morgan fingerprint density at radius 3 is 3.00 bits per heavy atom. The highest BCUT2D eigenvalue weighted by Crippen LogP contribution is 2.22. The van der Waals surface area contributed by atoms with E-state index in [1.54, 1.807) is 0 Å². The third kappa shape index (κ3) is 4.03. The molecular weight excluding hydrogens is 244 g/mol. The Labute approximate surface area is 102 Å². The van der Waals surface area contributed by atoms with E-state index in [9.17, 15) is 10.1 Å². The third-order valence-corrected chi connectivity index (χ3v) is 2.01. The average molecular weight is 251 g/mol. The van der Waals surface area contributed by atoms with E-state index < -0.39 is 4.92 Å².